The average Bonchev–Trinajstić information content (AvgIpc) is 2.41. The molecule has 1 amide bonds. The number of hydrogen-bond donors (Lipinski definition) is 2. The van der Waals surface area contributed by atoms with Gasteiger partial charge in [0.2, 0.25) is 5.91 Å². The van der Waals surface area contributed by atoms with Gasteiger partial charge in [0.05, 0.1) is 25.7 Å². The van der Waals surface area contributed by atoms with Crippen LogP contribution >= 0.6 is 0 Å². The summed E-state index contributed by atoms with van der Waals surface area (Å²) in [6.45, 7) is 1.49. The van der Waals surface area contributed by atoms with Crippen molar-refractivity contribution in [3.63, 3.8) is 0 Å². The highest BCUT2D eigenvalue weighted by atomic mass is 16.5. The average molecular weight is 250 g/mol. The van der Waals surface area contributed by atoms with Crippen molar-refractivity contribution in [3.8, 4) is 0 Å². The minimum absolute atomic E-state index is 0.0499. The third-order valence-electron chi connectivity index (χ3n) is 3.03. The maximum Gasteiger partial charge on any atom is 0.227 e. The van der Waals surface area contributed by atoms with E-state index in [0.717, 1.165) is 5.56 Å². The van der Waals surface area contributed by atoms with E-state index in [9.17, 15) is 4.79 Å². The molecule has 1 fully saturated rings. The Labute approximate surface area is 106 Å². The van der Waals surface area contributed by atoms with Crippen LogP contribution in [-0.2, 0) is 16.0 Å². The molecule has 0 aliphatic carbocycles. The van der Waals surface area contributed by atoms with Gasteiger partial charge < -0.3 is 20.5 Å². The molecule has 1 saturated heterocycles. The highest BCUT2D eigenvalue weighted by Gasteiger charge is 2.23. The van der Waals surface area contributed by atoms with E-state index in [0.29, 0.717) is 31.8 Å². The number of hydrogen-bond acceptors (Lipinski definition) is 4. The Morgan fingerprint density at radius 3 is 2.83 bits per heavy atom. The van der Waals surface area contributed by atoms with Crippen molar-refractivity contribution in [1.82, 2.24) is 4.90 Å². The van der Waals surface area contributed by atoms with Crippen LogP contribution in [0, 0.1) is 0 Å². The number of amides is 1. The van der Waals surface area contributed by atoms with Crippen LogP contribution in [0.4, 0.5) is 5.69 Å². The van der Waals surface area contributed by atoms with Crippen LogP contribution < -0.4 is 5.73 Å². The Balaban J connectivity index is 1.93. The standard InChI is InChI=1S/C13H18N2O3/c14-11-3-1-10(2-4-11)7-13(17)15-5-6-18-12(8-15)9-16/h1-4,12,16H,5-9,14H2. The van der Waals surface area contributed by atoms with Crippen molar-refractivity contribution in [2.45, 2.75) is 12.5 Å². The van der Waals surface area contributed by atoms with Crippen molar-refractivity contribution in [2.24, 2.45) is 0 Å². The van der Waals surface area contributed by atoms with E-state index < -0.39 is 0 Å². The topological polar surface area (TPSA) is 75.8 Å². The lowest BCUT2D eigenvalue weighted by Crippen LogP contribution is -2.47. The Kier molecular flexibility index (Phi) is 4.17. The van der Waals surface area contributed by atoms with Crippen LogP contribution in [-0.4, -0.2) is 48.3 Å². The van der Waals surface area contributed by atoms with Crippen LogP contribution in [0.3, 0.4) is 0 Å². The van der Waals surface area contributed by atoms with Gasteiger partial charge in [-0.2, -0.15) is 0 Å². The summed E-state index contributed by atoms with van der Waals surface area (Å²) >= 11 is 0. The van der Waals surface area contributed by atoms with E-state index in [-0.39, 0.29) is 18.6 Å². The molecule has 3 N–H and O–H groups in total. The fraction of sp³-hybridized carbons (Fsp3) is 0.462. The number of aliphatic hydroxyl groups is 1. The lowest BCUT2D eigenvalue weighted by molar-refractivity contribution is -0.139. The quantitative estimate of drug-likeness (QED) is 0.742. The molecule has 5 nitrogen and oxygen atoms in total. The molecule has 1 unspecified atom stereocenters. The summed E-state index contributed by atoms with van der Waals surface area (Å²) < 4.78 is 5.31. The maximum atomic E-state index is 12.1. The smallest absolute Gasteiger partial charge is 0.227 e. The van der Waals surface area contributed by atoms with Gasteiger partial charge >= 0.3 is 0 Å². The second kappa shape index (κ2) is 5.84. The third kappa shape index (κ3) is 3.21. The van der Waals surface area contributed by atoms with Crippen LogP contribution in [0.1, 0.15) is 5.56 Å². The molecule has 1 aliphatic rings. The summed E-state index contributed by atoms with van der Waals surface area (Å²) in [6.07, 6.45) is 0.104. The van der Waals surface area contributed by atoms with Gasteiger partial charge in [-0.15, -0.1) is 0 Å². The number of nitrogens with two attached hydrogens (primary N) is 1. The number of rotatable bonds is 3. The van der Waals surface area contributed by atoms with Crippen molar-refractivity contribution in [1.29, 1.82) is 0 Å². The second-order valence-electron chi connectivity index (χ2n) is 4.43. The molecule has 0 saturated carbocycles. The number of nitrogen functional groups attached to an aromatic ring is 1. The van der Waals surface area contributed by atoms with Crippen LogP contribution in [0.2, 0.25) is 0 Å². The molecule has 0 spiro atoms. The van der Waals surface area contributed by atoms with E-state index in [1.165, 1.54) is 0 Å². The van der Waals surface area contributed by atoms with Gasteiger partial charge in [-0.1, -0.05) is 12.1 Å². The monoisotopic (exact) mass is 250 g/mol. The molecule has 18 heavy (non-hydrogen) atoms. The SMILES string of the molecule is Nc1ccc(CC(=O)N2CCOC(CO)C2)cc1. The number of aliphatic hydroxyl groups excluding tert-OH is 1. The normalized spacial score (nSPS) is 19.8. The zero-order valence-electron chi connectivity index (χ0n) is 10.2. The van der Waals surface area contributed by atoms with Gasteiger partial charge in [-0.05, 0) is 17.7 Å². The maximum absolute atomic E-state index is 12.1. The Hall–Kier alpha value is -1.59. The fourth-order valence-electron chi connectivity index (χ4n) is 1.98. The van der Waals surface area contributed by atoms with Crippen LogP contribution in [0.5, 0.6) is 0 Å². The Morgan fingerprint density at radius 1 is 1.44 bits per heavy atom. The molecule has 1 heterocycles. The van der Waals surface area contributed by atoms with E-state index >= 15 is 0 Å². The van der Waals surface area contributed by atoms with Crippen molar-refractivity contribution in [3.05, 3.63) is 29.8 Å². The molecule has 1 atom stereocenters. The van der Waals surface area contributed by atoms with E-state index in [1.54, 1.807) is 17.0 Å². The van der Waals surface area contributed by atoms with Crippen LogP contribution in [0.15, 0.2) is 24.3 Å². The van der Waals surface area contributed by atoms with E-state index in [2.05, 4.69) is 0 Å². The summed E-state index contributed by atoms with van der Waals surface area (Å²) in [4.78, 5) is 13.8. The van der Waals surface area contributed by atoms with Gasteiger partial charge in [0.25, 0.3) is 0 Å². The lowest BCUT2D eigenvalue weighted by Gasteiger charge is -2.32. The molecule has 0 aromatic heterocycles. The van der Waals surface area contributed by atoms with Gasteiger partial charge in [-0.3, -0.25) is 4.79 Å². The Morgan fingerprint density at radius 2 is 2.17 bits per heavy atom. The first-order valence-corrected chi connectivity index (χ1v) is 6.03. The van der Waals surface area contributed by atoms with Gasteiger partial charge in [0.15, 0.2) is 0 Å². The highest BCUT2D eigenvalue weighted by molar-refractivity contribution is 5.79. The molecule has 1 aliphatic heterocycles. The molecular formula is C13H18N2O3. The summed E-state index contributed by atoms with van der Waals surface area (Å²) in [5.74, 6) is 0.0570. The zero-order chi connectivity index (χ0) is 13.0. The number of carbonyl (C=O) groups is 1. The first-order valence-electron chi connectivity index (χ1n) is 6.03. The van der Waals surface area contributed by atoms with Gasteiger partial charge in [0.1, 0.15) is 0 Å². The second-order valence-corrected chi connectivity index (χ2v) is 4.43. The number of anilines is 1. The van der Waals surface area contributed by atoms with Crippen molar-refractivity contribution in [2.75, 3.05) is 32.0 Å². The molecule has 5 heteroatoms. The van der Waals surface area contributed by atoms with Crippen LogP contribution in [0.25, 0.3) is 0 Å². The molecule has 98 valence electrons. The van der Waals surface area contributed by atoms with Gasteiger partial charge in [-0.25, -0.2) is 0 Å². The van der Waals surface area contributed by atoms with Crippen molar-refractivity contribution >= 4 is 11.6 Å². The van der Waals surface area contributed by atoms with Gasteiger partial charge in [0, 0.05) is 18.8 Å². The number of ether oxygens (including phenoxy) is 1. The summed E-state index contributed by atoms with van der Waals surface area (Å²) in [7, 11) is 0. The third-order valence-corrected chi connectivity index (χ3v) is 3.03. The zero-order valence-corrected chi connectivity index (χ0v) is 10.2. The van der Waals surface area contributed by atoms with E-state index in [1.807, 2.05) is 12.1 Å². The lowest BCUT2D eigenvalue weighted by atomic mass is 10.1. The minimum Gasteiger partial charge on any atom is -0.399 e. The minimum atomic E-state index is -0.255. The highest BCUT2D eigenvalue weighted by Crippen LogP contribution is 2.10. The summed E-state index contributed by atoms with van der Waals surface area (Å²) in [5.41, 5.74) is 7.23. The summed E-state index contributed by atoms with van der Waals surface area (Å²) in [6, 6.07) is 7.30. The largest absolute Gasteiger partial charge is 0.399 e. The van der Waals surface area contributed by atoms with Crippen molar-refractivity contribution < 1.29 is 14.6 Å². The molecule has 0 radical (unpaired) electrons. The predicted octanol–water partition coefficient (Wildman–Crippen LogP) is 0.0310. The summed E-state index contributed by atoms with van der Waals surface area (Å²) in [5, 5.41) is 9.03. The molecule has 0 bridgehead atoms. The molecule has 2 rings (SSSR count). The number of carbonyl (C=O) groups excluding carboxylic acids is 1. The molecule has 1 aromatic rings. The Bertz CT molecular complexity index is 405. The first-order chi connectivity index (χ1) is 8.69. The molecular weight excluding hydrogens is 232 g/mol. The number of benzene rings is 1. The number of morpholine rings is 1. The van der Waals surface area contributed by atoms with E-state index in [4.69, 9.17) is 15.6 Å². The predicted molar refractivity (Wildman–Crippen MR) is 68.0 cm³/mol. The number of nitrogens with zero attached hydrogens (tertiary/aromatic N) is 1. The fourth-order valence-corrected chi connectivity index (χ4v) is 1.98. The first kappa shape index (κ1) is 12.9. The molecule has 1 aromatic carbocycles.